The lowest BCUT2D eigenvalue weighted by Crippen LogP contribution is -2.33. The molecule has 0 atom stereocenters. The van der Waals surface area contributed by atoms with Gasteiger partial charge in [-0.05, 0) is 61.4 Å². The topological polar surface area (TPSA) is 92.6 Å². The number of rotatable bonds is 5. The van der Waals surface area contributed by atoms with Crippen LogP contribution in [0.3, 0.4) is 0 Å². The van der Waals surface area contributed by atoms with Crippen LogP contribution in [0.25, 0.3) is 5.57 Å². The number of halogens is 1. The van der Waals surface area contributed by atoms with Gasteiger partial charge in [-0.25, -0.2) is 9.29 Å². The molecule has 0 saturated carbocycles. The zero-order chi connectivity index (χ0) is 23.0. The maximum absolute atomic E-state index is 13.7. The largest absolute Gasteiger partial charge is 0.350 e. The first-order valence-corrected chi connectivity index (χ1v) is 9.74. The molecule has 0 aliphatic carbocycles. The molecule has 0 aromatic heterocycles. The molecule has 32 heavy (non-hydrogen) atoms. The van der Waals surface area contributed by atoms with Gasteiger partial charge >= 0.3 is 0 Å². The van der Waals surface area contributed by atoms with Crippen LogP contribution in [0, 0.1) is 29.8 Å². The molecule has 2 amide bonds. The number of nitrogens with zero attached hydrogens (tertiary/aromatic N) is 2. The first kappa shape index (κ1) is 20.9. The number of carbonyl (C=O) groups is 2. The number of nitrogens with one attached hydrogen (secondary N) is 1. The molecule has 1 heterocycles. The number of anilines is 2. The highest BCUT2D eigenvalue weighted by Gasteiger charge is 2.41. The Bertz CT molecular complexity index is 1300. The van der Waals surface area contributed by atoms with Crippen molar-refractivity contribution < 1.29 is 18.9 Å². The predicted octanol–water partition coefficient (Wildman–Crippen LogP) is 4.75. The number of nitro benzene ring substituents is 1. The predicted molar refractivity (Wildman–Crippen MR) is 118 cm³/mol. The molecule has 0 saturated heterocycles. The number of aryl methyl sites for hydroxylation is 2. The molecule has 1 aliphatic heterocycles. The molecule has 8 heteroatoms. The van der Waals surface area contributed by atoms with Crippen molar-refractivity contribution in [2.45, 2.75) is 13.8 Å². The third-order valence-electron chi connectivity index (χ3n) is 5.14. The number of hydrogen-bond acceptors (Lipinski definition) is 5. The Kier molecular flexibility index (Phi) is 5.28. The average molecular weight is 431 g/mol. The van der Waals surface area contributed by atoms with Crippen molar-refractivity contribution in [1.82, 2.24) is 0 Å². The standard InChI is InChI=1S/C24H18FN3O4/c1-14-6-11-20(15(2)12-14)27-23(29)21(16-7-9-19(10-8-16)28(31)32)22(24(27)30)26-18-5-3-4-17(25)13-18/h3-13,26H,1-2H3. The first-order chi connectivity index (χ1) is 15.3. The van der Waals surface area contributed by atoms with E-state index in [2.05, 4.69) is 5.32 Å². The number of carbonyl (C=O) groups excluding carboxylic acids is 2. The lowest BCUT2D eigenvalue weighted by atomic mass is 10.0. The molecule has 0 bridgehead atoms. The smallest absolute Gasteiger partial charge is 0.282 e. The molecule has 3 aromatic rings. The van der Waals surface area contributed by atoms with E-state index in [1.54, 1.807) is 25.1 Å². The zero-order valence-electron chi connectivity index (χ0n) is 17.3. The quantitative estimate of drug-likeness (QED) is 0.358. The highest BCUT2D eigenvalue weighted by atomic mass is 19.1. The van der Waals surface area contributed by atoms with Gasteiger partial charge in [0.1, 0.15) is 11.5 Å². The summed E-state index contributed by atoms with van der Waals surface area (Å²) < 4.78 is 13.7. The van der Waals surface area contributed by atoms with Crippen molar-refractivity contribution >= 4 is 34.4 Å². The summed E-state index contributed by atoms with van der Waals surface area (Å²) in [4.78, 5) is 38.3. The summed E-state index contributed by atoms with van der Waals surface area (Å²) in [6, 6.07) is 16.2. The summed E-state index contributed by atoms with van der Waals surface area (Å²) in [6.07, 6.45) is 0. The zero-order valence-corrected chi connectivity index (χ0v) is 17.3. The number of non-ortho nitro benzene ring substituents is 1. The Morgan fingerprint density at radius 1 is 0.938 bits per heavy atom. The molecule has 7 nitrogen and oxygen atoms in total. The third-order valence-corrected chi connectivity index (χ3v) is 5.14. The fraction of sp³-hybridized carbons (Fsp3) is 0.0833. The maximum Gasteiger partial charge on any atom is 0.282 e. The monoisotopic (exact) mass is 431 g/mol. The van der Waals surface area contributed by atoms with Crippen molar-refractivity contribution in [2.75, 3.05) is 10.2 Å². The van der Waals surface area contributed by atoms with E-state index in [9.17, 15) is 24.1 Å². The van der Waals surface area contributed by atoms with Crippen LogP contribution < -0.4 is 10.2 Å². The Morgan fingerprint density at radius 3 is 2.28 bits per heavy atom. The molecule has 1 N–H and O–H groups in total. The van der Waals surface area contributed by atoms with E-state index in [0.29, 0.717) is 16.9 Å². The van der Waals surface area contributed by atoms with Crippen LogP contribution in [0.4, 0.5) is 21.5 Å². The molecule has 0 fully saturated rings. The summed E-state index contributed by atoms with van der Waals surface area (Å²) in [5, 5.41) is 13.9. The number of benzene rings is 3. The van der Waals surface area contributed by atoms with Crippen LogP contribution in [0.5, 0.6) is 0 Å². The Morgan fingerprint density at radius 2 is 1.66 bits per heavy atom. The van der Waals surface area contributed by atoms with Gasteiger partial charge in [-0.3, -0.25) is 19.7 Å². The second-order valence-corrected chi connectivity index (χ2v) is 7.42. The van der Waals surface area contributed by atoms with Gasteiger partial charge in [-0.1, -0.05) is 23.8 Å². The summed E-state index contributed by atoms with van der Waals surface area (Å²) in [5.41, 5.74) is 2.65. The van der Waals surface area contributed by atoms with Crippen LogP contribution in [-0.4, -0.2) is 16.7 Å². The average Bonchev–Trinajstić information content (AvgIpc) is 2.98. The normalized spacial score (nSPS) is 13.7. The van der Waals surface area contributed by atoms with E-state index < -0.39 is 22.6 Å². The van der Waals surface area contributed by atoms with Gasteiger partial charge in [0.05, 0.1) is 16.2 Å². The maximum atomic E-state index is 13.7. The summed E-state index contributed by atoms with van der Waals surface area (Å²) >= 11 is 0. The highest BCUT2D eigenvalue weighted by molar-refractivity contribution is 6.46. The van der Waals surface area contributed by atoms with Crippen LogP contribution in [-0.2, 0) is 9.59 Å². The second kappa shape index (κ2) is 8.07. The molecule has 0 radical (unpaired) electrons. The minimum atomic E-state index is -0.598. The minimum absolute atomic E-state index is 0.0329. The van der Waals surface area contributed by atoms with Crippen LogP contribution in [0.1, 0.15) is 16.7 Å². The number of hydrogen-bond donors (Lipinski definition) is 1. The van der Waals surface area contributed by atoms with E-state index in [1.165, 1.54) is 42.5 Å². The van der Waals surface area contributed by atoms with E-state index in [4.69, 9.17) is 0 Å². The van der Waals surface area contributed by atoms with E-state index in [1.807, 2.05) is 13.0 Å². The van der Waals surface area contributed by atoms with Gasteiger partial charge in [0.2, 0.25) is 0 Å². The van der Waals surface area contributed by atoms with Crippen molar-refractivity contribution in [3.63, 3.8) is 0 Å². The minimum Gasteiger partial charge on any atom is -0.350 e. The fourth-order valence-electron chi connectivity index (χ4n) is 3.65. The van der Waals surface area contributed by atoms with E-state index in [0.717, 1.165) is 16.0 Å². The molecule has 1 aliphatic rings. The number of amides is 2. The Balaban J connectivity index is 1.84. The first-order valence-electron chi connectivity index (χ1n) is 9.74. The third kappa shape index (κ3) is 3.74. The van der Waals surface area contributed by atoms with Crippen LogP contribution >= 0.6 is 0 Å². The van der Waals surface area contributed by atoms with Crippen molar-refractivity contribution in [3.8, 4) is 0 Å². The molecule has 0 unspecified atom stereocenters. The van der Waals surface area contributed by atoms with E-state index >= 15 is 0 Å². The van der Waals surface area contributed by atoms with Crippen molar-refractivity contribution in [2.24, 2.45) is 0 Å². The second-order valence-electron chi connectivity index (χ2n) is 7.42. The Hall–Kier alpha value is -4.33. The molecule has 4 rings (SSSR count). The fourth-order valence-corrected chi connectivity index (χ4v) is 3.65. The SMILES string of the molecule is Cc1ccc(N2C(=O)C(Nc3cccc(F)c3)=C(c3ccc([N+](=O)[O-])cc3)C2=O)c(C)c1. The van der Waals surface area contributed by atoms with Gasteiger partial charge in [-0.2, -0.15) is 0 Å². The summed E-state index contributed by atoms with van der Waals surface area (Å²) in [6.45, 7) is 3.70. The van der Waals surface area contributed by atoms with Crippen LogP contribution in [0.15, 0.2) is 72.4 Å². The molecule has 3 aromatic carbocycles. The van der Waals surface area contributed by atoms with Crippen LogP contribution in [0.2, 0.25) is 0 Å². The summed E-state index contributed by atoms with van der Waals surface area (Å²) in [7, 11) is 0. The van der Waals surface area contributed by atoms with Gasteiger partial charge in [0, 0.05) is 17.8 Å². The van der Waals surface area contributed by atoms with Gasteiger partial charge in [0.25, 0.3) is 17.5 Å². The van der Waals surface area contributed by atoms with Gasteiger partial charge in [0.15, 0.2) is 0 Å². The van der Waals surface area contributed by atoms with Crippen molar-refractivity contribution in [1.29, 1.82) is 0 Å². The molecular weight excluding hydrogens is 413 g/mol. The lowest BCUT2D eigenvalue weighted by molar-refractivity contribution is -0.384. The molecular formula is C24H18FN3O4. The van der Waals surface area contributed by atoms with Crippen molar-refractivity contribution in [3.05, 3.63) is 105 Å². The Labute approximate surface area is 182 Å². The molecule has 0 spiro atoms. The molecule has 160 valence electrons. The van der Waals surface area contributed by atoms with Gasteiger partial charge < -0.3 is 5.32 Å². The lowest BCUT2D eigenvalue weighted by Gasteiger charge is -2.18. The number of nitro groups is 1. The number of imide groups is 1. The highest BCUT2D eigenvalue weighted by Crippen LogP contribution is 2.35. The summed E-state index contributed by atoms with van der Waals surface area (Å²) in [5.74, 6) is -1.68. The van der Waals surface area contributed by atoms with E-state index in [-0.39, 0.29) is 17.0 Å². The van der Waals surface area contributed by atoms with Gasteiger partial charge in [-0.15, -0.1) is 0 Å².